The number of nitrogens with zero attached hydrogens (tertiary/aromatic N) is 1. The first-order chi connectivity index (χ1) is 6.74. The Morgan fingerprint density at radius 1 is 1.36 bits per heavy atom. The molecule has 0 atom stereocenters. The van der Waals surface area contributed by atoms with Crippen molar-refractivity contribution in [1.29, 1.82) is 0 Å². The Bertz CT molecular complexity index is 467. The molecule has 0 bridgehead atoms. The van der Waals surface area contributed by atoms with Crippen LogP contribution in [-0.4, -0.2) is 10.2 Å². The standard InChI is InChI=1S/C10H10N2O2/c1-7-2-4-8(5-3-7)6-9-11-12-10(13)14-9/h2-5H,6H2,1H3,(H,12,13). The molecule has 0 radical (unpaired) electrons. The predicted octanol–water partition coefficient (Wildman–Crippen LogP) is 1.26. The van der Waals surface area contributed by atoms with Crippen LogP contribution in [0.5, 0.6) is 0 Å². The molecular weight excluding hydrogens is 180 g/mol. The summed E-state index contributed by atoms with van der Waals surface area (Å²) in [5.74, 6) is -0.0917. The molecular formula is C10H10N2O2. The van der Waals surface area contributed by atoms with Crippen LogP contribution >= 0.6 is 0 Å². The zero-order valence-electron chi connectivity index (χ0n) is 7.78. The summed E-state index contributed by atoms with van der Waals surface area (Å²) in [6, 6.07) is 8.01. The molecule has 0 aliphatic rings. The van der Waals surface area contributed by atoms with E-state index in [0.29, 0.717) is 12.3 Å². The molecule has 2 aromatic rings. The van der Waals surface area contributed by atoms with Crippen molar-refractivity contribution in [2.24, 2.45) is 0 Å². The van der Waals surface area contributed by atoms with Gasteiger partial charge in [0, 0.05) is 0 Å². The third kappa shape index (κ3) is 1.90. The van der Waals surface area contributed by atoms with E-state index in [1.54, 1.807) is 0 Å². The van der Waals surface area contributed by atoms with Gasteiger partial charge in [0.15, 0.2) is 0 Å². The molecule has 14 heavy (non-hydrogen) atoms. The monoisotopic (exact) mass is 190 g/mol. The lowest BCUT2D eigenvalue weighted by atomic mass is 10.1. The minimum Gasteiger partial charge on any atom is -0.392 e. The van der Waals surface area contributed by atoms with Crippen molar-refractivity contribution in [3.05, 3.63) is 51.8 Å². The predicted molar refractivity (Wildman–Crippen MR) is 51.1 cm³/mol. The van der Waals surface area contributed by atoms with E-state index >= 15 is 0 Å². The highest BCUT2D eigenvalue weighted by Gasteiger charge is 2.01. The van der Waals surface area contributed by atoms with Gasteiger partial charge in [0.25, 0.3) is 0 Å². The number of hydrogen-bond donors (Lipinski definition) is 1. The third-order valence-electron chi connectivity index (χ3n) is 1.96. The quantitative estimate of drug-likeness (QED) is 0.775. The van der Waals surface area contributed by atoms with E-state index in [-0.39, 0.29) is 0 Å². The largest absolute Gasteiger partial charge is 0.434 e. The maximum absolute atomic E-state index is 10.6. The molecule has 2 rings (SSSR count). The molecule has 0 fully saturated rings. The van der Waals surface area contributed by atoms with Gasteiger partial charge in [0.05, 0.1) is 6.42 Å². The third-order valence-corrected chi connectivity index (χ3v) is 1.96. The minimum atomic E-state index is -0.507. The maximum Gasteiger partial charge on any atom is 0.434 e. The van der Waals surface area contributed by atoms with Crippen LogP contribution in [0.4, 0.5) is 0 Å². The number of rotatable bonds is 2. The Morgan fingerprint density at radius 2 is 2.07 bits per heavy atom. The fraction of sp³-hybridized carbons (Fsp3) is 0.200. The lowest BCUT2D eigenvalue weighted by molar-refractivity contribution is 0.471. The van der Waals surface area contributed by atoms with Crippen molar-refractivity contribution in [3.63, 3.8) is 0 Å². The number of aromatic nitrogens is 2. The van der Waals surface area contributed by atoms with Gasteiger partial charge in [-0.25, -0.2) is 9.89 Å². The van der Waals surface area contributed by atoms with Gasteiger partial charge in [0.2, 0.25) is 5.89 Å². The molecule has 1 aromatic carbocycles. The number of H-pyrrole nitrogens is 1. The molecule has 4 heteroatoms. The van der Waals surface area contributed by atoms with Crippen LogP contribution in [0.3, 0.4) is 0 Å². The van der Waals surface area contributed by atoms with Gasteiger partial charge in [-0.2, -0.15) is 0 Å². The number of benzene rings is 1. The van der Waals surface area contributed by atoms with Crippen molar-refractivity contribution >= 4 is 0 Å². The second kappa shape index (κ2) is 3.49. The summed E-state index contributed by atoms with van der Waals surface area (Å²) in [7, 11) is 0. The van der Waals surface area contributed by atoms with Crippen LogP contribution in [0.25, 0.3) is 0 Å². The molecule has 0 aliphatic carbocycles. The highest BCUT2D eigenvalue weighted by Crippen LogP contribution is 2.06. The normalized spacial score (nSPS) is 10.4. The fourth-order valence-electron chi connectivity index (χ4n) is 1.22. The summed E-state index contributed by atoms with van der Waals surface area (Å²) in [5, 5.41) is 5.96. The summed E-state index contributed by atoms with van der Waals surface area (Å²) in [5.41, 5.74) is 2.28. The lowest BCUT2D eigenvalue weighted by Crippen LogP contribution is -1.93. The first kappa shape index (κ1) is 8.74. The Labute approximate surface area is 80.6 Å². The van der Waals surface area contributed by atoms with Crippen LogP contribution in [0.15, 0.2) is 33.5 Å². The van der Waals surface area contributed by atoms with Gasteiger partial charge < -0.3 is 4.42 Å². The van der Waals surface area contributed by atoms with Gasteiger partial charge in [-0.15, -0.1) is 5.10 Å². The van der Waals surface area contributed by atoms with Crippen LogP contribution in [0.1, 0.15) is 17.0 Å². The maximum atomic E-state index is 10.6. The van der Waals surface area contributed by atoms with Gasteiger partial charge in [-0.05, 0) is 12.5 Å². The molecule has 0 unspecified atom stereocenters. The summed E-state index contributed by atoms with van der Waals surface area (Å²) < 4.78 is 4.80. The molecule has 0 saturated heterocycles. The van der Waals surface area contributed by atoms with Gasteiger partial charge in [0.1, 0.15) is 0 Å². The second-order valence-electron chi connectivity index (χ2n) is 3.17. The smallest absolute Gasteiger partial charge is 0.392 e. The van der Waals surface area contributed by atoms with E-state index in [2.05, 4.69) is 10.2 Å². The average Bonchev–Trinajstić information content (AvgIpc) is 2.56. The second-order valence-corrected chi connectivity index (χ2v) is 3.17. The van der Waals surface area contributed by atoms with E-state index in [0.717, 1.165) is 5.56 Å². The molecule has 1 heterocycles. The number of aryl methyl sites for hydroxylation is 1. The van der Waals surface area contributed by atoms with Crippen molar-refractivity contribution in [3.8, 4) is 0 Å². The molecule has 1 aromatic heterocycles. The zero-order valence-corrected chi connectivity index (χ0v) is 7.78. The van der Waals surface area contributed by atoms with Crippen LogP contribution < -0.4 is 5.76 Å². The summed E-state index contributed by atoms with van der Waals surface area (Å²) >= 11 is 0. The van der Waals surface area contributed by atoms with Crippen LogP contribution in [0, 0.1) is 6.92 Å². The van der Waals surface area contributed by atoms with Gasteiger partial charge in [-0.3, -0.25) is 0 Å². The molecule has 4 nitrogen and oxygen atoms in total. The van der Waals surface area contributed by atoms with E-state index in [4.69, 9.17) is 4.42 Å². The highest BCUT2D eigenvalue weighted by molar-refractivity contribution is 5.23. The van der Waals surface area contributed by atoms with E-state index in [9.17, 15) is 4.79 Å². The van der Waals surface area contributed by atoms with Crippen molar-refractivity contribution in [2.75, 3.05) is 0 Å². The number of hydrogen-bond acceptors (Lipinski definition) is 3. The molecule has 0 amide bonds. The Kier molecular flexibility index (Phi) is 2.18. The van der Waals surface area contributed by atoms with Crippen molar-refractivity contribution < 1.29 is 4.42 Å². The molecule has 72 valence electrons. The Morgan fingerprint density at radius 3 is 2.64 bits per heavy atom. The SMILES string of the molecule is Cc1ccc(Cc2n[nH]c(=O)o2)cc1. The summed E-state index contributed by atoms with van der Waals surface area (Å²) in [4.78, 5) is 10.6. The van der Waals surface area contributed by atoms with E-state index in [1.807, 2.05) is 31.2 Å². The number of aromatic amines is 1. The van der Waals surface area contributed by atoms with Gasteiger partial charge in [-0.1, -0.05) is 29.8 Å². The van der Waals surface area contributed by atoms with Crippen molar-refractivity contribution in [1.82, 2.24) is 10.2 Å². The first-order valence-electron chi connectivity index (χ1n) is 4.34. The molecule has 0 aliphatic heterocycles. The number of nitrogens with one attached hydrogen (secondary N) is 1. The molecule has 1 N–H and O–H groups in total. The minimum absolute atomic E-state index is 0.416. The van der Waals surface area contributed by atoms with Crippen LogP contribution in [0.2, 0.25) is 0 Å². The highest BCUT2D eigenvalue weighted by atomic mass is 16.4. The Balaban J connectivity index is 2.19. The average molecular weight is 190 g/mol. The molecule has 0 saturated carbocycles. The summed E-state index contributed by atoms with van der Waals surface area (Å²) in [6.07, 6.45) is 0.541. The summed E-state index contributed by atoms with van der Waals surface area (Å²) in [6.45, 7) is 2.03. The first-order valence-corrected chi connectivity index (χ1v) is 4.34. The fourth-order valence-corrected chi connectivity index (χ4v) is 1.22. The topological polar surface area (TPSA) is 58.9 Å². The van der Waals surface area contributed by atoms with E-state index < -0.39 is 5.76 Å². The zero-order chi connectivity index (χ0) is 9.97. The Hall–Kier alpha value is -1.84. The van der Waals surface area contributed by atoms with Gasteiger partial charge >= 0.3 is 5.76 Å². The molecule has 0 spiro atoms. The van der Waals surface area contributed by atoms with E-state index in [1.165, 1.54) is 5.56 Å². The van der Waals surface area contributed by atoms with Crippen molar-refractivity contribution in [2.45, 2.75) is 13.3 Å². The lowest BCUT2D eigenvalue weighted by Gasteiger charge is -1.96. The van der Waals surface area contributed by atoms with Crippen LogP contribution in [-0.2, 0) is 6.42 Å².